The molecule has 4 rings (SSSR count). The lowest BCUT2D eigenvalue weighted by Crippen LogP contribution is -2.36. The van der Waals surface area contributed by atoms with Crippen LogP contribution in [0.15, 0.2) is 41.5 Å². The zero-order chi connectivity index (χ0) is 19.3. The third-order valence-corrected chi connectivity index (χ3v) is 5.52. The topological polar surface area (TPSA) is 89.8 Å². The van der Waals surface area contributed by atoms with Crippen LogP contribution in [0.1, 0.15) is 18.5 Å². The molecule has 1 saturated heterocycles. The first-order valence-electron chi connectivity index (χ1n) is 9.18. The first kappa shape index (κ1) is 18.3. The van der Waals surface area contributed by atoms with Gasteiger partial charge in [-0.25, -0.2) is 15.0 Å². The Hall–Kier alpha value is -3.02. The Bertz CT molecular complexity index is 955. The summed E-state index contributed by atoms with van der Waals surface area (Å²) in [6, 6.07) is 6.54. The Morgan fingerprint density at radius 1 is 1.14 bits per heavy atom. The Morgan fingerprint density at radius 2 is 1.96 bits per heavy atom. The van der Waals surface area contributed by atoms with Crippen LogP contribution in [0.25, 0.3) is 11.1 Å². The van der Waals surface area contributed by atoms with Gasteiger partial charge in [0.2, 0.25) is 0 Å². The minimum absolute atomic E-state index is 0.288. The number of nitriles is 1. The highest BCUT2D eigenvalue weighted by atomic mass is 32.1. The van der Waals surface area contributed by atoms with Gasteiger partial charge in [-0.15, -0.1) is 0 Å². The number of pyridine rings is 1. The minimum Gasteiger partial charge on any atom is -0.382 e. The largest absolute Gasteiger partial charge is 0.382 e. The summed E-state index contributed by atoms with van der Waals surface area (Å²) in [5, 5.41) is 20.0. The quantitative estimate of drug-likeness (QED) is 0.685. The molecule has 1 aliphatic heterocycles. The normalized spacial score (nSPS) is 15.1. The van der Waals surface area contributed by atoms with Crippen LogP contribution in [0.3, 0.4) is 0 Å². The highest BCUT2D eigenvalue weighted by molar-refractivity contribution is 7.08. The van der Waals surface area contributed by atoms with Crippen molar-refractivity contribution in [2.75, 3.05) is 30.8 Å². The number of aromatic nitrogens is 3. The molecule has 2 N–H and O–H groups in total. The molecular formula is C20H21N7S. The van der Waals surface area contributed by atoms with Gasteiger partial charge in [-0.2, -0.15) is 16.6 Å². The smallest absolute Gasteiger partial charge is 0.158 e. The van der Waals surface area contributed by atoms with Gasteiger partial charge >= 0.3 is 0 Å². The zero-order valence-electron chi connectivity index (χ0n) is 15.6. The van der Waals surface area contributed by atoms with Crippen molar-refractivity contribution in [3.8, 4) is 17.2 Å². The molecule has 7 nitrogen and oxygen atoms in total. The summed E-state index contributed by atoms with van der Waals surface area (Å²) in [6.45, 7) is 2.20. The van der Waals surface area contributed by atoms with Crippen molar-refractivity contribution in [1.82, 2.24) is 19.9 Å². The Labute approximate surface area is 168 Å². The summed E-state index contributed by atoms with van der Waals surface area (Å²) in [4.78, 5) is 15.2. The summed E-state index contributed by atoms with van der Waals surface area (Å²) in [7, 11) is 2.17. The van der Waals surface area contributed by atoms with Crippen LogP contribution < -0.4 is 10.6 Å². The van der Waals surface area contributed by atoms with Gasteiger partial charge in [-0.3, -0.25) is 0 Å². The molecule has 0 radical (unpaired) electrons. The Kier molecular flexibility index (Phi) is 5.46. The van der Waals surface area contributed by atoms with Gasteiger partial charge in [0.05, 0.1) is 12.4 Å². The van der Waals surface area contributed by atoms with Crippen LogP contribution >= 0.6 is 11.3 Å². The number of hydrogen-bond acceptors (Lipinski definition) is 8. The van der Waals surface area contributed by atoms with Crippen molar-refractivity contribution in [1.29, 1.82) is 5.26 Å². The molecule has 3 aromatic rings. The molecule has 28 heavy (non-hydrogen) atoms. The van der Waals surface area contributed by atoms with Crippen LogP contribution in [0.2, 0.25) is 0 Å². The molecule has 1 fully saturated rings. The SMILES string of the molecule is CN1CCC(Nc2cc(Nc3cnc(C#N)cn3)ncc2-c2ccsc2)CC1. The number of hydrogen-bond donors (Lipinski definition) is 2. The van der Waals surface area contributed by atoms with Crippen molar-refractivity contribution in [3.05, 3.63) is 47.2 Å². The van der Waals surface area contributed by atoms with Gasteiger partial charge < -0.3 is 15.5 Å². The van der Waals surface area contributed by atoms with E-state index in [0.29, 0.717) is 17.7 Å². The van der Waals surface area contributed by atoms with Crippen molar-refractivity contribution < 1.29 is 0 Å². The van der Waals surface area contributed by atoms with Gasteiger partial charge in [0.1, 0.15) is 17.7 Å². The highest BCUT2D eigenvalue weighted by Crippen LogP contribution is 2.32. The second-order valence-electron chi connectivity index (χ2n) is 6.87. The van der Waals surface area contributed by atoms with E-state index in [-0.39, 0.29) is 5.69 Å². The first-order chi connectivity index (χ1) is 13.7. The number of nitrogens with one attached hydrogen (secondary N) is 2. The molecule has 0 atom stereocenters. The second-order valence-corrected chi connectivity index (χ2v) is 7.65. The standard InChI is InChI=1S/C20H21N7S/c1-27-5-2-15(3-6-27)25-18-8-19(24-11-17(18)14-4-7-28-13-14)26-20-12-22-16(9-21)10-23-20/h4,7-8,10-13,15H,2-3,5-6H2,1H3,(H2,23,24,25,26). The van der Waals surface area contributed by atoms with Crippen molar-refractivity contribution >= 4 is 28.7 Å². The van der Waals surface area contributed by atoms with Crippen LogP contribution in [0, 0.1) is 11.3 Å². The molecular weight excluding hydrogens is 370 g/mol. The molecule has 1 aliphatic rings. The maximum Gasteiger partial charge on any atom is 0.158 e. The predicted octanol–water partition coefficient (Wildman–Crippen LogP) is 3.72. The van der Waals surface area contributed by atoms with Gasteiger partial charge in [-0.1, -0.05) is 0 Å². The fourth-order valence-corrected chi connectivity index (χ4v) is 3.90. The minimum atomic E-state index is 0.288. The number of thiophene rings is 1. The number of rotatable bonds is 5. The average Bonchev–Trinajstić information content (AvgIpc) is 3.25. The lowest BCUT2D eigenvalue weighted by Gasteiger charge is -2.30. The monoisotopic (exact) mass is 391 g/mol. The van der Waals surface area contributed by atoms with Crippen LogP contribution in [0.5, 0.6) is 0 Å². The first-order valence-corrected chi connectivity index (χ1v) is 10.1. The third-order valence-electron chi connectivity index (χ3n) is 4.84. The van der Waals surface area contributed by atoms with E-state index in [4.69, 9.17) is 5.26 Å². The summed E-state index contributed by atoms with van der Waals surface area (Å²) in [6.07, 6.45) is 7.10. The molecule has 0 aromatic carbocycles. The Morgan fingerprint density at radius 3 is 2.64 bits per heavy atom. The van der Waals surface area contributed by atoms with Crippen molar-refractivity contribution in [3.63, 3.8) is 0 Å². The lowest BCUT2D eigenvalue weighted by atomic mass is 10.0. The van der Waals surface area contributed by atoms with Crippen LogP contribution in [-0.2, 0) is 0 Å². The number of nitrogens with zero attached hydrogens (tertiary/aromatic N) is 5. The Balaban J connectivity index is 1.59. The van der Waals surface area contributed by atoms with E-state index in [0.717, 1.165) is 42.7 Å². The van der Waals surface area contributed by atoms with Gasteiger partial charge in [0, 0.05) is 29.6 Å². The van der Waals surface area contributed by atoms with E-state index in [1.807, 2.05) is 18.3 Å². The molecule has 142 valence electrons. The highest BCUT2D eigenvalue weighted by Gasteiger charge is 2.18. The fourth-order valence-electron chi connectivity index (χ4n) is 3.25. The van der Waals surface area contributed by atoms with Crippen LogP contribution in [-0.4, -0.2) is 46.0 Å². The molecule has 0 amide bonds. The summed E-state index contributed by atoms with van der Waals surface area (Å²) in [5.41, 5.74) is 3.61. The van der Waals surface area contributed by atoms with Gasteiger partial charge in [-0.05, 0) is 55.4 Å². The molecule has 0 aliphatic carbocycles. The zero-order valence-corrected chi connectivity index (χ0v) is 16.4. The number of piperidine rings is 1. The summed E-state index contributed by atoms with van der Waals surface area (Å²) >= 11 is 1.68. The molecule has 0 spiro atoms. The van der Waals surface area contributed by atoms with Crippen molar-refractivity contribution in [2.24, 2.45) is 0 Å². The van der Waals surface area contributed by atoms with E-state index in [1.54, 1.807) is 11.3 Å². The maximum atomic E-state index is 8.85. The lowest BCUT2D eigenvalue weighted by molar-refractivity contribution is 0.264. The van der Waals surface area contributed by atoms with E-state index in [2.05, 4.69) is 54.4 Å². The van der Waals surface area contributed by atoms with Gasteiger partial charge in [0.25, 0.3) is 0 Å². The average molecular weight is 392 g/mol. The molecule has 8 heteroatoms. The maximum absolute atomic E-state index is 8.85. The van der Waals surface area contributed by atoms with Gasteiger partial charge in [0.15, 0.2) is 5.69 Å². The van der Waals surface area contributed by atoms with E-state index in [1.165, 1.54) is 12.4 Å². The number of likely N-dealkylation sites (tertiary alicyclic amines) is 1. The van der Waals surface area contributed by atoms with E-state index < -0.39 is 0 Å². The van der Waals surface area contributed by atoms with Crippen LogP contribution in [0.4, 0.5) is 17.3 Å². The molecule has 3 aromatic heterocycles. The molecule has 4 heterocycles. The van der Waals surface area contributed by atoms with E-state index in [9.17, 15) is 0 Å². The molecule has 0 unspecified atom stereocenters. The predicted molar refractivity (Wildman–Crippen MR) is 112 cm³/mol. The molecule has 0 saturated carbocycles. The summed E-state index contributed by atoms with van der Waals surface area (Å²) < 4.78 is 0. The van der Waals surface area contributed by atoms with Crippen molar-refractivity contribution in [2.45, 2.75) is 18.9 Å². The molecule has 0 bridgehead atoms. The number of anilines is 3. The summed E-state index contributed by atoms with van der Waals surface area (Å²) in [5.74, 6) is 1.24. The van der Waals surface area contributed by atoms with E-state index >= 15 is 0 Å². The fraction of sp³-hybridized carbons (Fsp3) is 0.300. The second kappa shape index (κ2) is 8.33. The third kappa shape index (κ3) is 4.27.